The first-order valence-electron chi connectivity index (χ1n) is 14.1. The van der Waals surface area contributed by atoms with Gasteiger partial charge in [-0.15, -0.1) is 5.10 Å². The molecular weight excluding hydrogens is 569 g/mol. The minimum Gasteiger partial charge on any atom is -0.383 e. The van der Waals surface area contributed by atoms with Gasteiger partial charge in [0.1, 0.15) is 17.8 Å². The van der Waals surface area contributed by atoms with Gasteiger partial charge in [0.25, 0.3) is 0 Å². The molecule has 2 aromatic carbocycles. The molecule has 0 amide bonds. The first-order chi connectivity index (χ1) is 20.8. The number of hydrogen-bond acceptors (Lipinski definition) is 8. The lowest BCUT2D eigenvalue weighted by atomic mass is 9.96. The average molecular weight is 599 g/mol. The molecule has 5 aromatic rings. The van der Waals surface area contributed by atoms with E-state index in [9.17, 15) is 23.7 Å². The quantitative estimate of drug-likeness (QED) is 0.194. The smallest absolute Gasteiger partial charge is 0.383 e. The Labute approximate surface area is 250 Å². The lowest BCUT2D eigenvalue weighted by Crippen LogP contribution is -2.35. The van der Waals surface area contributed by atoms with E-state index in [2.05, 4.69) is 69.0 Å². The fraction of sp³-hybridized carbons (Fsp3) is 0.355. The number of aromatic nitrogens is 6. The van der Waals surface area contributed by atoms with Crippen LogP contribution in [0.2, 0.25) is 0 Å². The summed E-state index contributed by atoms with van der Waals surface area (Å²) in [5, 5.41) is 43.6. The molecule has 1 aliphatic rings. The summed E-state index contributed by atoms with van der Waals surface area (Å²) in [6.45, 7) is 8.57. The number of nitrogens with zero attached hydrogens (tertiary/aromatic N) is 7. The van der Waals surface area contributed by atoms with E-state index < -0.39 is 17.8 Å². The Morgan fingerprint density at radius 1 is 1.11 bits per heavy atom. The molecule has 0 saturated heterocycles. The van der Waals surface area contributed by atoms with Crippen LogP contribution in [0.25, 0.3) is 21.8 Å². The van der Waals surface area contributed by atoms with Gasteiger partial charge in [-0.3, -0.25) is 10.1 Å². The molecule has 0 aliphatic heterocycles. The van der Waals surface area contributed by atoms with E-state index in [1.807, 2.05) is 25.1 Å². The van der Waals surface area contributed by atoms with Crippen molar-refractivity contribution in [2.45, 2.75) is 58.3 Å². The van der Waals surface area contributed by atoms with E-state index >= 15 is 0 Å². The van der Waals surface area contributed by atoms with Crippen LogP contribution in [-0.2, 0) is 5.54 Å². The van der Waals surface area contributed by atoms with E-state index in [1.54, 1.807) is 12.1 Å². The zero-order valence-corrected chi connectivity index (χ0v) is 24.5. The van der Waals surface area contributed by atoms with Crippen LogP contribution in [0.4, 0.5) is 24.5 Å². The molecule has 224 valence electrons. The molecule has 13 heteroatoms. The number of aromatic amines is 1. The number of nitrogens with one attached hydrogen (secondary N) is 3. The maximum atomic E-state index is 14.0. The molecule has 0 bridgehead atoms. The van der Waals surface area contributed by atoms with Crippen molar-refractivity contribution in [3.63, 3.8) is 0 Å². The predicted molar refractivity (Wildman–Crippen MR) is 159 cm³/mol. The maximum Gasteiger partial charge on any atom is 0.413 e. The highest BCUT2D eigenvalue weighted by Gasteiger charge is 2.66. The monoisotopic (exact) mass is 598 g/mol. The van der Waals surface area contributed by atoms with Crippen molar-refractivity contribution < 1.29 is 13.2 Å². The summed E-state index contributed by atoms with van der Waals surface area (Å²) in [5.41, 5.74) is 2.30. The van der Waals surface area contributed by atoms with Crippen molar-refractivity contribution in [3.8, 4) is 12.1 Å². The number of alkyl halides is 3. The number of rotatable bonds is 7. The summed E-state index contributed by atoms with van der Waals surface area (Å²) in [4.78, 5) is 4.41. The molecule has 3 heterocycles. The molecule has 44 heavy (non-hydrogen) atoms. The average Bonchev–Trinajstić information content (AvgIpc) is 3.52. The summed E-state index contributed by atoms with van der Waals surface area (Å²) in [6.07, 6.45) is -1.82. The highest BCUT2D eigenvalue weighted by molar-refractivity contribution is 5.99. The minimum atomic E-state index is -4.47. The Morgan fingerprint density at radius 2 is 1.86 bits per heavy atom. The second kappa shape index (κ2) is 10.2. The predicted octanol–water partition coefficient (Wildman–Crippen LogP) is 6.47. The summed E-state index contributed by atoms with van der Waals surface area (Å²) in [6, 6.07) is 12.6. The van der Waals surface area contributed by atoms with Crippen LogP contribution in [0.3, 0.4) is 0 Å². The van der Waals surface area contributed by atoms with Crippen LogP contribution in [0.15, 0.2) is 42.7 Å². The summed E-state index contributed by atoms with van der Waals surface area (Å²) in [5.74, 6) is 0. The van der Waals surface area contributed by atoms with Gasteiger partial charge in [0.05, 0.1) is 45.8 Å². The standard InChI is InChI=1S/C31H29F3N10/c1-17-25-21(6-5-7-23(25)41-40-17)28(24-15-44(43-42-24)30(8-9-30)31(32,33)34)39-20-10-18(12-35)26-22(11-20)27(19(13-36)14-37-26)38-16-29(2,3)4/h5-7,10-11,14-15,28,39H,8-9,16H2,1-4H3,(H,37,38)(H,40,41)/t28-/m0/s1. The first kappa shape index (κ1) is 28.9. The topological polar surface area (TPSA) is 144 Å². The summed E-state index contributed by atoms with van der Waals surface area (Å²) in [7, 11) is 0. The maximum absolute atomic E-state index is 14.0. The molecule has 0 unspecified atom stereocenters. The Balaban J connectivity index is 1.51. The summed E-state index contributed by atoms with van der Waals surface area (Å²) >= 11 is 0. The van der Waals surface area contributed by atoms with Crippen molar-refractivity contribution in [3.05, 3.63) is 70.8 Å². The van der Waals surface area contributed by atoms with E-state index in [0.29, 0.717) is 45.6 Å². The second-order valence-corrected chi connectivity index (χ2v) is 12.4. The van der Waals surface area contributed by atoms with Crippen LogP contribution in [0.1, 0.15) is 67.7 Å². The van der Waals surface area contributed by atoms with Crippen molar-refractivity contribution in [1.29, 1.82) is 10.5 Å². The third-order valence-corrected chi connectivity index (χ3v) is 7.93. The molecular formula is C31H29F3N10. The number of fused-ring (bicyclic) bond motifs is 2. The zero-order valence-electron chi connectivity index (χ0n) is 24.5. The van der Waals surface area contributed by atoms with Crippen LogP contribution < -0.4 is 10.6 Å². The van der Waals surface area contributed by atoms with Gasteiger partial charge in [-0.05, 0) is 48.9 Å². The van der Waals surface area contributed by atoms with Gasteiger partial charge in [-0.25, -0.2) is 4.68 Å². The zero-order chi connectivity index (χ0) is 31.4. The van der Waals surface area contributed by atoms with E-state index in [4.69, 9.17) is 0 Å². The number of halogens is 3. The number of aryl methyl sites for hydroxylation is 1. The Kier molecular flexibility index (Phi) is 6.72. The number of pyridine rings is 1. The van der Waals surface area contributed by atoms with Crippen molar-refractivity contribution in [2.75, 3.05) is 17.2 Å². The highest BCUT2D eigenvalue weighted by Crippen LogP contribution is 2.55. The minimum absolute atomic E-state index is 0.0669. The Morgan fingerprint density at radius 3 is 2.52 bits per heavy atom. The molecule has 3 N–H and O–H groups in total. The largest absolute Gasteiger partial charge is 0.413 e. The van der Waals surface area contributed by atoms with E-state index in [0.717, 1.165) is 15.6 Å². The number of anilines is 2. The summed E-state index contributed by atoms with van der Waals surface area (Å²) < 4.78 is 42.8. The lowest BCUT2D eigenvalue weighted by Gasteiger charge is -2.23. The van der Waals surface area contributed by atoms with Gasteiger partial charge in [-0.1, -0.05) is 38.1 Å². The Hall–Kier alpha value is -5.17. The number of H-pyrrole nitrogens is 1. The second-order valence-electron chi connectivity index (χ2n) is 12.4. The molecule has 1 aliphatic carbocycles. The third-order valence-electron chi connectivity index (χ3n) is 7.93. The van der Waals surface area contributed by atoms with Gasteiger partial charge in [0.2, 0.25) is 0 Å². The SMILES string of the molecule is Cc1n[nH]c2cccc([C@H](Nc3cc(C#N)c4ncc(C#N)c(NCC(C)(C)C)c4c3)c3cn(C4(C(F)(F)F)CC4)nn3)c12. The van der Waals surface area contributed by atoms with E-state index in [1.165, 1.54) is 12.4 Å². The fourth-order valence-electron chi connectivity index (χ4n) is 5.46. The molecule has 3 aromatic heterocycles. The van der Waals surface area contributed by atoms with Crippen LogP contribution in [-0.4, -0.2) is 42.9 Å². The first-order valence-corrected chi connectivity index (χ1v) is 14.1. The molecule has 1 atom stereocenters. The normalized spacial score (nSPS) is 15.1. The molecule has 0 radical (unpaired) electrons. The van der Waals surface area contributed by atoms with Crippen LogP contribution in [0, 0.1) is 35.0 Å². The fourth-order valence-corrected chi connectivity index (χ4v) is 5.46. The van der Waals surface area contributed by atoms with E-state index in [-0.39, 0.29) is 29.5 Å². The van der Waals surface area contributed by atoms with Gasteiger partial charge in [0.15, 0.2) is 5.54 Å². The Bertz CT molecular complexity index is 1980. The molecule has 6 rings (SSSR count). The van der Waals surface area contributed by atoms with Crippen LogP contribution >= 0.6 is 0 Å². The van der Waals surface area contributed by atoms with Gasteiger partial charge in [-0.2, -0.15) is 28.8 Å². The number of nitriles is 2. The number of benzene rings is 2. The third kappa shape index (κ3) is 4.94. The molecule has 1 fully saturated rings. The molecule has 0 spiro atoms. The number of hydrogen-bond donors (Lipinski definition) is 3. The van der Waals surface area contributed by atoms with Crippen molar-refractivity contribution in [2.24, 2.45) is 5.41 Å². The molecule has 1 saturated carbocycles. The lowest BCUT2D eigenvalue weighted by molar-refractivity contribution is -0.182. The van der Waals surface area contributed by atoms with Crippen molar-refractivity contribution >= 4 is 33.2 Å². The molecule has 10 nitrogen and oxygen atoms in total. The highest BCUT2D eigenvalue weighted by atomic mass is 19.4. The van der Waals surface area contributed by atoms with Gasteiger partial charge >= 0.3 is 6.18 Å². The van der Waals surface area contributed by atoms with Gasteiger partial charge < -0.3 is 10.6 Å². The van der Waals surface area contributed by atoms with Gasteiger partial charge in [0, 0.05) is 29.2 Å². The van der Waals surface area contributed by atoms with Crippen molar-refractivity contribution in [1.82, 2.24) is 30.2 Å². The van der Waals surface area contributed by atoms with Crippen LogP contribution in [0.5, 0.6) is 0 Å².